The van der Waals surface area contributed by atoms with Crippen molar-refractivity contribution >= 4 is 29.1 Å². The number of hydrogen-bond acceptors (Lipinski definition) is 3. The highest BCUT2D eigenvalue weighted by atomic mass is 35.5. The summed E-state index contributed by atoms with van der Waals surface area (Å²) in [7, 11) is 0. The molecule has 29 heavy (non-hydrogen) atoms. The van der Waals surface area contributed by atoms with Crippen molar-refractivity contribution in [2.24, 2.45) is 5.92 Å². The van der Waals surface area contributed by atoms with E-state index < -0.39 is 0 Å². The van der Waals surface area contributed by atoms with E-state index in [1.165, 1.54) is 5.56 Å². The average molecular weight is 412 g/mol. The third-order valence-corrected chi connectivity index (χ3v) is 6.03. The lowest BCUT2D eigenvalue weighted by Crippen LogP contribution is -2.46. The molecule has 152 valence electrons. The minimum atomic E-state index is -0.302. The van der Waals surface area contributed by atoms with Gasteiger partial charge in [-0.25, -0.2) is 0 Å². The van der Waals surface area contributed by atoms with Crippen molar-refractivity contribution < 1.29 is 9.59 Å². The number of hydrogen-bond donors (Lipinski definition) is 1. The number of halogens is 1. The van der Waals surface area contributed by atoms with Gasteiger partial charge in [0.05, 0.1) is 5.92 Å². The summed E-state index contributed by atoms with van der Waals surface area (Å²) in [6.07, 6.45) is 2.14. The van der Waals surface area contributed by atoms with Gasteiger partial charge in [0.25, 0.3) is 0 Å². The van der Waals surface area contributed by atoms with Crippen molar-refractivity contribution in [3.05, 3.63) is 65.2 Å². The molecule has 0 bridgehead atoms. The fraction of sp³-hybridized carbons (Fsp3) is 0.391. The summed E-state index contributed by atoms with van der Waals surface area (Å²) < 4.78 is 0. The number of carbonyl (C=O) groups excluding carboxylic acids is 2. The van der Waals surface area contributed by atoms with Gasteiger partial charge in [0, 0.05) is 49.4 Å². The molecule has 2 aromatic carbocycles. The lowest BCUT2D eigenvalue weighted by Gasteiger charge is -2.32. The minimum Gasteiger partial charge on any atom is -0.353 e. The maximum Gasteiger partial charge on any atom is 0.227 e. The van der Waals surface area contributed by atoms with Crippen molar-refractivity contribution in [2.75, 3.05) is 24.5 Å². The Labute approximate surface area is 176 Å². The molecule has 1 atom stereocenters. The monoisotopic (exact) mass is 411 g/mol. The van der Waals surface area contributed by atoms with Crippen LogP contribution in [-0.2, 0) is 16.1 Å². The molecule has 0 spiro atoms. The van der Waals surface area contributed by atoms with Gasteiger partial charge in [-0.05, 0) is 36.6 Å². The first kappa shape index (κ1) is 19.9. The van der Waals surface area contributed by atoms with Crippen LogP contribution in [0.2, 0.25) is 5.02 Å². The second-order valence-corrected chi connectivity index (χ2v) is 8.37. The largest absolute Gasteiger partial charge is 0.353 e. The molecule has 6 heteroatoms. The van der Waals surface area contributed by atoms with Crippen LogP contribution in [0.25, 0.3) is 0 Å². The highest BCUT2D eigenvalue weighted by Gasteiger charge is 2.36. The number of rotatable bonds is 5. The molecule has 5 nitrogen and oxygen atoms in total. The molecule has 2 aliphatic rings. The first-order valence-electron chi connectivity index (χ1n) is 10.2. The zero-order valence-electron chi connectivity index (χ0n) is 16.4. The smallest absolute Gasteiger partial charge is 0.227 e. The molecule has 0 aliphatic carbocycles. The Hall–Kier alpha value is -2.37. The molecule has 2 heterocycles. The zero-order chi connectivity index (χ0) is 20.2. The van der Waals surface area contributed by atoms with Gasteiger partial charge in [0.15, 0.2) is 0 Å². The van der Waals surface area contributed by atoms with Crippen molar-refractivity contribution in [1.29, 1.82) is 0 Å². The van der Waals surface area contributed by atoms with Gasteiger partial charge in [-0.1, -0.05) is 48.0 Å². The number of piperidine rings is 1. The first-order chi connectivity index (χ1) is 14.1. The SMILES string of the molecule is O=C(NC1CCN(Cc2ccccc2)CC1)[C@@H]1CC(=O)N(c2cccc(Cl)c2)C1. The van der Waals surface area contributed by atoms with Gasteiger partial charge in [0.1, 0.15) is 0 Å². The molecule has 1 N–H and O–H groups in total. The maximum atomic E-state index is 12.7. The molecule has 0 saturated carbocycles. The quantitative estimate of drug-likeness (QED) is 0.819. The van der Waals surface area contributed by atoms with Crippen LogP contribution >= 0.6 is 11.6 Å². The molecule has 2 saturated heterocycles. The van der Waals surface area contributed by atoms with Gasteiger partial charge >= 0.3 is 0 Å². The van der Waals surface area contributed by atoms with Gasteiger partial charge in [-0.2, -0.15) is 0 Å². The number of carbonyl (C=O) groups is 2. The van der Waals surface area contributed by atoms with Crippen LogP contribution in [0.15, 0.2) is 54.6 Å². The van der Waals surface area contributed by atoms with Crippen LogP contribution in [0.4, 0.5) is 5.69 Å². The summed E-state index contributed by atoms with van der Waals surface area (Å²) in [5, 5.41) is 3.77. The third-order valence-electron chi connectivity index (χ3n) is 5.80. The Balaban J connectivity index is 1.26. The topological polar surface area (TPSA) is 52.7 Å². The van der Waals surface area contributed by atoms with Crippen LogP contribution in [-0.4, -0.2) is 42.4 Å². The van der Waals surface area contributed by atoms with Crippen molar-refractivity contribution in [1.82, 2.24) is 10.2 Å². The number of likely N-dealkylation sites (tertiary alicyclic amines) is 1. The van der Waals surface area contributed by atoms with Crippen LogP contribution in [0.3, 0.4) is 0 Å². The van der Waals surface area contributed by atoms with Crippen LogP contribution < -0.4 is 10.2 Å². The molecule has 2 fully saturated rings. The number of nitrogens with zero attached hydrogens (tertiary/aromatic N) is 2. The third kappa shape index (κ3) is 4.98. The van der Waals surface area contributed by atoms with E-state index in [-0.39, 0.29) is 30.2 Å². The zero-order valence-corrected chi connectivity index (χ0v) is 17.1. The van der Waals surface area contributed by atoms with Crippen LogP contribution in [0.1, 0.15) is 24.8 Å². The molecule has 0 radical (unpaired) electrons. The highest BCUT2D eigenvalue weighted by Crippen LogP contribution is 2.27. The Kier molecular flexibility index (Phi) is 6.16. The molecule has 2 amide bonds. The minimum absolute atomic E-state index is 0.00983. The summed E-state index contributed by atoms with van der Waals surface area (Å²) in [5.74, 6) is -0.335. The van der Waals surface area contributed by atoms with Crippen LogP contribution in [0.5, 0.6) is 0 Å². The van der Waals surface area contributed by atoms with E-state index in [1.54, 1.807) is 17.0 Å². The Morgan fingerprint density at radius 1 is 1.07 bits per heavy atom. The van der Waals surface area contributed by atoms with E-state index in [1.807, 2.05) is 18.2 Å². The van der Waals surface area contributed by atoms with E-state index in [0.717, 1.165) is 38.2 Å². The van der Waals surface area contributed by atoms with E-state index in [2.05, 4.69) is 34.5 Å². The second-order valence-electron chi connectivity index (χ2n) is 7.93. The fourth-order valence-corrected chi connectivity index (χ4v) is 4.36. The number of nitrogens with one attached hydrogen (secondary N) is 1. The number of amides is 2. The lowest BCUT2D eigenvalue weighted by atomic mass is 10.0. The van der Waals surface area contributed by atoms with Crippen molar-refractivity contribution in [3.63, 3.8) is 0 Å². The van der Waals surface area contributed by atoms with E-state index in [9.17, 15) is 9.59 Å². The van der Waals surface area contributed by atoms with Gasteiger partial charge in [-0.15, -0.1) is 0 Å². The molecule has 2 aliphatic heterocycles. The van der Waals surface area contributed by atoms with Gasteiger partial charge < -0.3 is 10.2 Å². The predicted molar refractivity (Wildman–Crippen MR) is 115 cm³/mol. The Morgan fingerprint density at radius 2 is 1.83 bits per heavy atom. The molecular formula is C23H26ClN3O2. The van der Waals surface area contributed by atoms with Crippen LogP contribution in [0, 0.1) is 5.92 Å². The number of benzene rings is 2. The summed E-state index contributed by atoms with van der Waals surface area (Å²) >= 11 is 6.04. The first-order valence-corrected chi connectivity index (χ1v) is 10.6. The summed E-state index contributed by atoms with van der Waals surface area (Å²) in [6.45, 7) is 3.31. The molecule has 4 rings (SSSR count). The number of anilines is 1. The lowest BCUT2D eigenvalue weighted by molar-refractivity contribution is -0.127. The van der Waals surface area contributed by atoms with Gasteiger partial charge in [0.2, 0.25) is 11.8 Å². The molecule has 0 aromatic heterocycles. The summed E-state index contributed by atoms with van der Waals surface area (Å²) in [6, 6.07) is 17.9. The normalized spacial score (nSPS) is 20.8. The predicted octanol–water partition coefficient (Wildman–Crippen LogP) is 3.47. The maximum absolute atomic E-state index is 12.7. The molecule has 0 unspecified atom stereocenters. The summed E-state index contributed by atoms with van der Waals surface area (Å²) in [5.41, 5.74) is 2.08. The average Bonchev–Trinajstić information content (AvgIpc) is 3.12. The Bertz CT molecular complexity index is 865. The van der Waals surface area contributed by atoms with E-state index >= 15 is 0 Å². The highest BCUT2D eigenvalue weighted by molar-refractivity contribution is 6.31. The van der Waals surface area contributed by atoms with Gasteiger partial charge in [-0.3, -0.25) is 14.5 Å². The molecular weight excluding hydrogens is 386 g/mol. The van der Waals surface area contributed by atoms with E-state index in [4.69, 9.17) is 11.6 Å². The standard InChI is InChI=1S/C23H26ClN3O2/c24-19-7-4-8-21(14-19)27-16-18(13-22(27)28)23(29)25-20-9-11-26(12-10-20)15-17-5-2-1-3-6-17/h1-8,14,18,20H,9-13,15-16H2,(H,25,29)/t18-/m1/s1. The Morgan fingerprint density at radius 3 is 2.55 bits per heavy atom. The van der Waals surface area contributed by atoms with Crippen molar-refractivity contribution in [3.8, 4) is 0 Å². The fourth-order valence-electron chi connectivity index (χ4n) is 4.17. The molecule has 2 aromatic rings. The van der Waals surface area contributed by atoms with Crippen molar-refractivity contribution in [2.45, 2.75) is 31.8 Å². The summed E-state index contributed by atoms with van der Waals surface area (Å²) in [4.78, 5) is 29.2. The second kappa shape index (κ2) is 8.97. The van der Waals surface area contributed by atoms with E-state index in [0.29, 0.717) is 11.6 Å².